The average molecular weight is 887 g/mol. The van der Waals surface area contributed by atoms with Crippen LogP contribution in [0.3, 0.4) is 0 Å². The van der Waals surface area contributed by atoms with Crippen molar-refractivity contribution in [3.05, 3.63) is 247 Å². The summed E-state index contributed by atoms with van der Waals surface area (Å²) in [5.41, 5.74) is 16.2. The molecule has 1 aliphatic heterocycles. The maximum absolute atomic E-state index is 7.46. The number of fused-ring (bicyclic) bond motifs is 9. The summed E-state index contributed by atoms with van der Waals surface area (Å²) in [6, 6.07) is 81.6. The van der Waals surface area contributed by atoms with E-state index in [1.54, 1.807) is 0 Å². The Morgan fingerprint density at radius 1 is 0.391 bits per heavy atom. The van der Waals surface area contributed by atoms with E-state index in [0.29, 0.717) is 0 Å². The maximum Gasteiger partial charge on any atom is 0.159 e. The summed E-state index contributed by atoms with van der Waals surface area (Å²) in [5.74, 6) is 0.816. The standard InChI is InChI=1S/C63H42N4O2/c1-5-16-39(17-6-1)43-29-34-53-51(36-43)52-37-44(40-18-7-2-8-19-40)30-35-54(52)67(53)55-26-15-25-48-49-32-33-50(63-65-61(41-20-9-3-10-21-41)64-62(66-63)42-22-11-4-12-23-42)58(60(49)69-59(48)55)45-28-31-47-46-24-13-14-27-56(46)68-57(47)38-45/h1-38,61,63,65H,(H,64,66). The predicted molar refractivity (Wildman–Crippen MR) is 283 cm³/mol. The third-order valence-electron chi connectivity index (χ3n) is 13.9. The Morgan fingerprint density at radius 2 is 0.957 bits per heavy atom. The summed E-state index contributed by atoms with van der Waals surface area (Å²) in [6.07, 6.45) is -0.659. The highest BCUT2D eigenvalue weighted by molar-refractivity contribution is 6.16. The number of furan rings is 2. The second kappa shape index (κ2) is 15.8. The van der Waals surface area contributed by atoms with E-state index >= 15 is 0 Å². The van der Waals surface area contributed by atoms with E-state index in [1.807, 2.05) is 18.2 Å². The van der Waals surface area contributed by atoms with Crippen molar-refractivity contribution in [3.63, 3.8) is 0 Å². The molecule has 0 radical (unpaired) electrons. The van der Waals surface area contributed by atoms with Gasteiger partial charge in [0.1, 0.15) is 34.9 Å². The third-order valence-corrected chi connectivity index (χ3v) is 13.9. The van der Waals surface area contributed by atoms with E-state index < -0.39 is 6.17 Å². The fraction of sp³-hybridized carbons (Fsp3) is 0.0317. The van der Waals surface area contributed by atoms with E-state index in [4.69, 9.17) is 13.8 Å². The number of aliphatic imine (C=N–C) groups is 1. The molecule has 0 saturated carbocycles. The maximum atomic E-state index is 7.46. The number of aromatic nitrogens is 1. The zero-order valence-electron chi connectivity index (χ0n) is 37.3. The highest BCUT2D eigenvalue weighted by Crippen LogP contribution is 2.46. The fourth-order valence-electron chi connectivity index (χ4n) is 10.6. The molecular formula is C63H42N4O2. The number of nitrogens with one attached hydrogen (secondary N) is 2. The van der Waals surface area contributed by atoms with Crippen LogP contribution in [0.5, 0.6) is 0 Å². The highest BCUT2D eigenvalue weighted by Gasteiger charge is 2.30. The van der Waals surface area contributed by atoms with Gasteiger partial charge in [-0.2, -0.15) is 0 Å². The first-order valence-corrected chi connectivity index (χ1v) is 23.5. The highest BCUT2D eigenvalue weighted by atomic mass is 16.3. The number of amidine groups is 1. The average Bonchev–Trinajstić information content (AvgIpc) is 4.10. The van der Waals surface area contributed by atoms with Crippen LogP contribution in [0.1, 0.15) is 29.0 Å². The largest absolute Gasteiger partial charge is 0.456 e. The Kier molecular flexibility index (Phi) is 9.00. The quantitative estimate of drug-likeness (QED) is 0.167. The smallest absolute Gasteiger partial charge is 0.159 e. The van der Waals surface area contributed by atoms with Crippen molar-refractivity contribution in [2.75, 3.05) is 0 Å². The van der Waals surface area contributed by atoms with Gasteiger partial charge in [-0.15, -0.1) is 0 Å². The minimum Gasteiger partial charge on any atom is -0.456 e. The normalized spacial score (nSPS) is 15.1. The second-order valence-corrected chi connectivity index (χ2v) is 17.9. The van der Waals surface area contributed by atoms with Crippen LogP contribution in [-0.2, 0) is 0 Å². The van der Waals surface area contributed by atoms with Crippen LogP contribution in [0.15, 0.2) is 244 Å². The molecule has 0 fully saturated rings. The Bertz CT molecular complexity index is 4040. The lowest BCUT2D eigenvalue weighted by Crippen LogP contribution is -2.45. The lowest BCUT2D eigenvalue weighted by molar-refractivity contribution is 0.409. The van der Waals surface area contributed by atoms with Crippen molar-refractivity contribution in [2.24, 2.45) is 4.99 Å². The molecule has 69 heavy (non-hydrogen) atoms. The summed E-state index contributed by atoms with van der Waals surface area (Å²) in [4.78, 5) is 5.45. The molecule has 6 nitrogen and oxygen atoms in total. The molecule has 10 aromatic carbocycles. The van der Waals surface area contributed by atoms with Gasteiger partial charge in [0.15, 0.2) is 5.58 Å². The predicted octanol–water partition coefficient (Wildman–Crippen LogP) is 15.9. The minimum absolute atomic E-state index is 0.215. The number of benzene rings is 10. The van der Waals surface area contributed by atoms with E-state index in [2.05, 4.69) is 228 Å². The van der Waals surface area contributed by atoms with Gasteiger partial charge in [0.25, 0.3) is 0 Å². The zero-order valence-corrected chi connectivity index (χ0v) is 37.3. The number of rotatable bonds is 7. The topological polar surface area (TPSA) is 67.6 Å². The molecule has 0 bridgehead atoms. The Morgan fingerprint density at radius 3 is 1.65 bits per heavy atom. The van der Waals surface area contributed by atoms with Gasteiger partial charge in [0, 0.05) is 49.0 Å². The number of para-hydroxylation sites is 2. The van der Waals surface area contributed by atoms with Crippen LogP contribution in [0, 0.1) is 0 Å². The Labute approximate surface area is 397 Å². The van der Waals surface area contributed by atoms with Crippen LogP contribution >= 0.6 is 0 Å². The third kappa shape index (κ3) is 6.49. The molecule has 2 N–H and O–H groups in total. The second-order valence-electron chi connectivity index (χ2n) is 17.9. The van der Waals surface area contributed by atoms with E-state index in [1.165, 1.54) is 33.0 Å². The molecule has 3 aromatic heterocycles. The number of nitrogens with zero attached hydrogens (tertiary/aromatic N) is 2. The first kappa shape index (κ1) is 39.2. The molecule has 13 aromatic rings. The van der Waals surface area contributed by atoms with Crippen molar-refractivity contribution in [1.29, 1.82) is 0 Å². The monoisotopic (exact) mass is 886 g/mol. The molecular weight excluding hydrogens is 845 g/mol. The van der Waals surface area contributed by atoms with Crippen LogP contribution < -0.4 is 10.6 Å². The molecule has 2 unspecified atom stereocenters. The molecule has 4 heterocycles. The summed E-state index contributed by atoms with van der Waals surface area (Å²) >= 11 is 0. The van der Waals surface area contributed by atoms with Crippen LogP contribution in [0.4, 0.5) is 0 Å². The van der Waals surface area contributed by atoms with Gasteiger partial charge < -0.3 is 18.7 Å². The first-order valence-electron chi connectivity index (χ1n) is 23.5. The van der Waals surface area contributed by atoms with Crippen molar-refractivity contribution < 1.29 is 8.83 Å². The SMILES string of the molecule is c1ccc(C2=NC(c3ccc4c(oc5c(-n6c7ccc(-c8ccccc8)cc7c7cc(-c8ccccc8)ccc76)cccc54)c3-c3ccc4c(c3)oc3ccccc34)NC(c3ccccc3)N2)cc1. The Hall–Kier alpha value is -8.97. The molecule has 6 heteroatoms. The number of hydrogen-bond donors (Lipinski definition) is 2. The van der Waals surface area contributed by atoms with Crippen molar-refractivity contribution in [1.82, 2.24) is 15.2 Å². The molecule has 2 atom stereocenters. The van der Waals surface area contributed by atoms with E-state index in [9.17, 15) is 0 Å². The van der Waals surface area contributed by atoms with Crippen molar-refractivity contribution >= 4 is 71.5 Å². The molecule has 326 valence electrons. The lowest BCUT2D eigenvalue weighted by atomic mass is 9.93. The number of hydrogen-bond acceptors (Lipinski definition) is 5. The molecule has 1 aliphatic rings. The minimum atomic E-state index is -0.444. The van der Waals surface area contributed by atoms with Crippen LogP contribution in [0.2, 0.25) is 0 Å². The summed E-state index contributed by atoms with van der Waals surface area (Å²) in [5, 5.41) is 14.2. The molecule has 0 spiro atoms. The molecule has 0 aliphatic carbocycles. The molecule has 0 amide bonds. The van der Waals surface area contributed by atoms with Gasteiger partial charge in [-0.05, 0) is 81.9 Å². The lowest BCUT2D eigenvalue weighted by Gasteiger charge is -2.33. The Balaban J connectivity index is 1.02. The van der Waals surface area contributed by atoms with Gasteiger partial charge in [-0.3, -0.25) is 5.32 Å². The van der Waals surface area contributed by atoms with Crippen LogP contribution in [0.25, 0.3) is 105 Å². The fourth-order valence-corrected chi connectivity index (χ4v) is 10.6. The van der Waals surface area contributed by atoms with E-state index in [0.717, 1.165) is 94.3 Å². The first-order chi connectivity index (χ1) is 34.2. The van der Waals surface area contributed by atoms with Crippen molar-refractivity contribution in [2.45, 2.75) is 12.3 Å². The summed E-state index contributed by atoms with van der Waals surface area (Å²) in [6.45, 7) is 0. The summed E-state index contributed by atoms with van der Waals surface area (Å²) in [7, 11) is 0. The zero-order chi connectivity index (χ0) is 45.4. The molecule has 0 saturated heterocycles. The van der Waals surface area contributed by atoms with Gasteiger partial charge >= 0.3 is 0 Å². The van der Waals surface area contributed by atoms with Gasteiger partial charge in [0.2, 0.25) is 0 Å². The van der Waals surface area contributed by atoms with Gasteiger partial charge in [0.05, 0.1) is 16.7 Å². The van der Waals surface area contributed by atoms with Gasteiger partial charge in [-0.1, -0.05) is 182 Å². The van der Waals surface area contributed by atoms with Crippen LogP contribution in [-0.4, -0.2) is 10.4 Å². The molecule has 14 rings (SSSR count). The van der Waals surface area contributed by atoms with Crippen molar-refractivity contribution in [3.8, 4) is 39.1 Å². The van der Waals surface area contributed by atoms with E-state index in [-0.39, 0.29) is 6.17 Å². The summed E-state index contributed by atoms with van der Waals surface area (Å²) < 4.78 is 16.4. The van der Waals surface area contributed by atoms with Gasteiger partial charge in [-0.25, -0.2) is 4.99 Å².